The highest BCUT2D eigenvalue weighted by Crippen LogP contribution is 2.17. The molecule has 5 nitrogen and oxygen atoms in total. The predicted octanol–water partition coefficient (Wildman–Crippen LogP) is 0.975. The Morgan fingerprint density at radius 3 is 2.29 bits per heavy atom. The molecule has 1 aromatic carbocycles. The van der Waals surface area contributed by atoms with Crippen molar-refractivity contribution in [1.82, 2.24) is 5.32 Å². The number of anilines is 1. The van der Waals surface area contributed by atoms with Crippen molar-refractivity contribution >= 4 is 29.2 Å². The Bertz CT molecular complexity index is 419. The number of likely N-dealkylation sites (N-methyl/N-ethyl adjacent to an activating group) is 2. The number of carboxylic acids is 1. The number of nitrogens with one attached hydrogen (secondary N) is 1. The summed E-state index contributed by atoms with van der Waals surface area (Å²) in [4.78, 5) is 24.0. The van der Waals surface area contributed by atoms with Crippen LogP contribution >= 0.6 is 11.6 Å². The average molecular weight is 257 g/mol. The second-order valence-electron chi connectivity index (χ2n) is 3.43. The maximum atomic E-state index is 11.9. The number of benzene rings is 1. The third kappa shape index (κ3) is 3.18. The van der Waals surface area contributed by atoms with Crippen LogP contribution in [0.25, 0.3) is 0 Å². The monoisotopic (exact) mass is 256 g/mol. The van der Waals surface area contributed by atoms with E-state index in [0.29, 0.717) is 10.7 Å². The molecule has 0 aliphatic heterocycles. The van der Waals surface area contributed by atoms with Crippen LogP contribution in [0.4, 0.5) is 5.69 Å². The number of carboxylic acid groups (broad SMARTS) is 1. The number of carbonyl (C=O) groups is 2. The lowest BCUT2D eigenvalue weighted by molar-refractivity contribution is -0.143. The molecule has 1 atom stereocenters. The number of hydrogen-bond acceptors (Lipinski definition) is 3. The molecule has 0 aliphatic rings. The molecule has 0 aliphatic carbocycles. The van der Waals surface area contributed by atoms with Crippen LogP contribution in [0.2, 0.25) is 5.02 Å². The van der Waals surface area contributed by atoms with E-state index in [1.165, 1.54) is 19.0 Å². The molecule has 1 aromatic rings. The zero-order valence-corrected chi connectivity index (χ0v) is 10.2. The van der Waals surface area contributed by atoms with Crippen molar-refractivity contribution in [1.29, 1.82) is 0 Å². The van der Waals surface area contributed by atoms with Gasteiger partial charge in [0.25, 0.3) is 5.91 Å². The highest BCUT2D eigenvalue weighted by Gasteiger charge is 2.27. The zero-order chi connectivity index (χ0) is 13.0. The second-order valence-corrected chi connectivity index (χ2v) is 3.87. The van der Waals surface area contributed by atoms with Crippen LogP contribution in [0.15, 0.2) is 24.3 Å². The molecule has 17 heavy (non-hydrogen) atoms. The van der Waals surface area contributed by atoms with Crippen molar-refractivity contribution in [3.05, 3.63) is 29.3 Å². The van der Waals surface area contributed by atoms with E-state index in [4.69, 9.17) is 16.7 Å². The third-order valence-electron chi connectivity index (χ3n) is 2.33. The van der Waals surface area contributed by atoms with E-state index in [-0.39, 0.29) is 0 Å². The molecular weight excluding hydrogens is 244 g/mol. The lowest BCUT2D eigenvalue weighted by atomic mass is 10.2. The first kappa shape index (κ1) is 13.5. The first-order valence-corrected chi connectivity index (χ1v) is 5.28. The molecule has 0 heterocycles. The van der Waals surface area contributed by atoms with E-state index in [1.807, 2.05) is 0 Å². The number of nitrogens with zero attached hydrogens (tertiary/aromatic N) is 1. The van der Waals surface area contributed by atoms with Gasteiger partial charge in [-0.25, -0.2) is 4.79 Å². The molecule has 0 saturated carbocycles. The minimum absolute atomic E-state index is 0.540. The lowest BCUT2D eigenvalue weighted by Crippen LogP contribution is -2.48. The summed E-state index contributed by atoms with van der Waals surface area (Å²) in [5, 5.41) is 11.9. The number of aliphatic carboxylic acids is 1. The van der Waals surface area contributed by atoms with E-state index >= 15 is 0 Å². The van der Waals surface area contributed by atoms with E-state index in [1.54, 1.807) is 24.3 Å². The lowest BCUT2D eigenvalue weighted by Gasteiger charge is -2.21. The SMILES string of the molecule is CNC(C(=O)O)C(=O)N(C)c1ccc(Cl)cc1. The fourth-order valence-corrected chi connectivity index (χ4v) is 1.46. The van der Waals surface area contributed by atoms with Gasteiger partial charge < -0.3 is 10.0 Å². The number of halogens is 1. The van der Waals surface area contributed by atoms with Gasteiger partial charge in [-0.1, -0.05) is 11.6 Å². The van der Waals surface area contributed by atoms with Gasteiger partial charge in [-0.3, -0.25) is 10.1 Å². The van der Waals surface area contributed by atoms with Crippen molar-refractivity contribution in [2.24, 2.45) is 0 Å². The zero-order valence-electron chi connectivity index (χ0n) is 9.48. The summed E-state index contributed by atoms with van der Waals surface area (Å²) in [5.74, 6) is -1.75. The van der Waals surface area contributed by atoms with Gasteiger partial charge in [-0.05, 0) is 31.3 Å². The molecule has 0 saturated heterocycles. The number of carbonyl (C=O) groups excluding carboxylic acids is 1. The maximum Gasteiger partial charge on any atom is 0.330 e. The summed E-state index contributed by atoms with van der Waals surface area (Å²) in [6.45, 7) is 0. The average Bonchev–Trinajstić information content (AvgIpc) is 2.29. The molecule has 2 N–H and O–H groups in total. The molecule has 0 aromatic heterocycles. The Morgan fingerprint density at radius 1 is 1.35 bits per heavy atom. The van der Waals surface area contributed by atoms with Gasteiger partial charge in [-0.15, -0.1) is 0 Å². The molecule has 0 fully saturated rings. The van der Waals surface area contributed by atoms with Crippen LogP contribution in [0.3, 0.4) is 0 Å². The van der Waals surface area contributed by atoms with Crippen molar-refractivity contribution in [3.8, 4) is 0 Å². The minimum atomic E-state index is -1.25. The summed E-state index contributed by atoms with van der Waals surface area (Å²) >= 11 is 5.73. The van der Waals surface area contributed by atoms with Gasteiger partial charge in [0.1, 0.15) is 0 Å². The fourth-order valence-electron chi connectivity index (χ4n) is 1.34. The molecule has 92 valence electrons. The van der Waals surface area contributed by atoms with Gasteiger partial charge in [0.15, 0.2) is 6.04 Å². The summed E-state index contributed by atoms with van der Waals surface area (Å²) in [6.07, 6.45) is 0. The molecular formula is C11H13ClN2O3. The Kier molecular flexibility index (Phi) is 4.48. The predicted molar refractivity (Wildman–Crippen MR) is 65.3 cm³/mol. The quantitative estimate of drug-likeness (QED) is 0.788. The number of hydrogen-bond donors (Lipinski definition) is 2. The molecule has 0 radical (unpaired) electrons. The first-order chi connectivity index (χ1) is 7.97. The molecule has 0 spiro atoms. The fraction of sp³-hybridized carbons (Fsp3) is 0.273. The van der Waals surface area contributed by atoms with Gasteiger partial charge in [0, 0.05) is 17.8 Å². The van der Waals surface area contributed by atoms with Gasteiger partial charge >= 0.3 is 5.97 Å². The number of amides is 1. The first-order valence-electron chi connectivity index (χ1n) is 4.90. The Balaban J connectivity index is 2.89. The van der Waals surface area contributed by atoms with E-state index < -0.39 is 17.9 Å². The molecule has 1 unspecified atom stereocenters. The van der Waals surface area contributed by atoms with Crippen LogP contribution in [-0.2, 0) is 9.59 Å². The van der Waals surface area contributed by atoms with Crippen molar-refractivity contribution in [2.45, 2.75) is 6.04 Å². The molecule has 1 rings (SSSR count). The van der Waals surface area contributed by atoms with Crippen LogP contribution in [-0.4, -0.2) is 37.1 Å². The number of rotatable bonds is 4. The van der Waals surface area contributed by atoms with E-state index in [2.05, 4.69) is 5.32 Å². The van der Waals surface area contributed by atoms with Crippen molar-refractivity contribution in [2.75, 3.05) is 19.0 Å². The largest absolute Gasteiger partial charge is 0.480 e. The van der Waals surface area contributed by atoms with E-state index in [9.17, 15) is 9.59 Å². The highest BCUT2D eigenvalue weighted by molar-refractivity contribution is 6.30. The van der Waals surface area contributed by atoms with Gasteiger partial charge in [0.05, 0.1) is 0 Å². The van der Waals surface area contributed by atoms with Gasteiger partial charge in [0.2, 0.25) is 0 Å². The Labute approximate surface area is 104 Å². The second kappa shape index (κ2) is 5.65. The van der Waals surface area contributed by atoms with Crippen LogP contribution in [0, 0.1) is 0 Å². The standard InChI is InChI=1S/C11H13ClN2O3/c1-13-9(11(16)17)10(15)14(2)8-5-3-7(12)4-6-8/h3-6,9,13H,1-2H3,(H,16,17). The van der Waals surface area contributed by atoms with Crippen LogP contribution in [0.1, 0.15) is 0 Å². The molecule has 6 heteroatoms. The van der Waals surface area contributed by atoms with Crippen molar-refractivity contribution < 1.29 is 14.7 Å². The van der Waals surface area contributed by atoms with Crippen LogP contribution in [0.5, 0.6) is 0 Å². The Hall–Kier alpha value is -1.59. The minimum Gasteiger partial charge on any atom is -0.480 e. The van der Waals surface area contributed by atoms with Crippen molar-refractivity contribution in [3.63, 3.8) is 0 Å². The van der Waals surface area contributed by atoms with Crippen LogP contribution < -0.4 is 10.2 Å². The summed E-state index contributed by atoms with van der Waals surface area (Å²) in [5.41, 5.74) is 0.584. The normalized spacial score (nSPS) is 11.9. The molecule has 1 amide bonds. The smallest absolute Gasteiger partial charge is 0.330 e. The summed E-state index contributed by atoms with van der Waals surface area (Å²) in [6, 6.07) is 5.31. The topological polar surface area (TPSA) is 69.6 Å². The van der Waals surface area contributed by atoms with E-state index in [0.717, 1.165) is 0 Å². The summed E-state index contributed by atoms with van der Waals surface area (Å²) in [7, 11) is 2.94. The third-order valence-corrected chi connectivity index (χ3v) is 2.58. The summed E-state index contributed by atoms with van der Waals surface area (Å²) < 4.78 is 0. The maximum absolute atomic E-state index is 11.9. The van der Waals surface area contributed by atoms with Gasteiger partial charge in [-0.2, -0.15) is 0 Å². The Morgan fingerprint density at radius 2 is 1.88 bits per heavy atom. The highest BCUT2D eigenvalue weighted by atomic mass is 35.5. The molecule has 0 bridgehead atoms.